The first kappa shape index (κ1) is 13.6. The lowest BCUT2D eigenvalue weighted by Gasteiger charge is -2.36. The average molecular weight is 252 g/mol. The molecule has 0 amide bonds. The molecule has 4 nitrogen and oxygen atoms in total. The summed E-state index contributed by atoms with van der Waals surface area (Å²) in [6, 6.07) is 0. The Morgan fingerprint density at radius 1 is 1.39 bits per heavy atom. The van der Waals surface area contributed by atoms with E-state index in [2.05, 4.69) is 4.98 Å². The molecule has 4 heteroatoms. The molecular formula is C14H24N2O2. The number of hydrogen-bond acceptors (Lipinski definition) is 3. The van der Waals surface area contributed by atoms with Crippen molar-refractivity contribution in [3.8, 4) is 0 Å². The van der Waals surface area contributed by atoms with Gasteiger partial charge in [0, 0.05) is 26.0 Å². The number of aliphatic hydroxyl groups is 1. The minimum atomic E-state index is -0.629. The quantitative estimate of drug-likeness (QED) is 0.838. The molecule has 1 aliphatic rings. The molecule has 0 saturated heterocycles. The summed E-state index contributed by atoms with van der Waals surface area (Å²) < 4.78 is 7.87. The highest BCUT2D eigenvalue weighted by Crippen LogP contribution is 2.39. The van der Waals surface area contributed by atoms with Crippen LogP contribution in [0.15, 0.2) is 12.4 Å². The van der Waals surface area contributed by atoms with Crippen molar-refractivity contribution in [3.63, 3.8) is 0 Å². The minimum Gasteiger partial charge on any atom is -0.382 e. The summed E-state index contributed by atoms with van der Waals surface area (Å²) in [5.74, 6) is 0.713. The van der Waals surface area contributed by atoms with Gasteiger partial charge in [0.15, 0.2) is 0 Å². The van der Waals surface area contributed by atoms with Crippen LogP contribution in [-0.2, 0) is 11.8 Å². The van der Waals surface area contributed by atoms with E-state index in [4.69, 9.17) is 4.74 Å². The van der Waals surface area contributed by atoms with Crippen molar-refractivity contribution in [3.05, 3.63) is 18.2 Å². The smallest absolute Gasteiger partial charge is 0.141 e. The van der Waals surface area contributed by atoms with E-state index >= 15 is 0 Å². The highest BCUT2D eigenvalue weighted by Gasteiger charge is 2.41. The summed E-state index contributed by atoms with van der Waals surface area (Å²) in [6.07, 6.45) is 9.55. The first-order valence-electron chi connectivity index (χ1n) is 6.99. The zero-order chi connectivity index (χ0) is 13.0. The number of rotatable bonds is 4. The molecule has 1 unspecified atom stereocenters. The Labute approximate surface area is 109 Å². The maximum Gasteiger partial charge on any atom is 0.141 e. The average Bonchev–Trinajstić information content (AvgIpc) is 2.64. The van der Waals surface area contributed by atoms with Gasteiger partial charge in [-0.15, -0.1) is 0 Å². The third kappa shape index (κ3) is 2.59. The molecule has 1 aromatic rings. The summed E-state index contributed by atoms with van der Waals surface area (Å²) in [6.45, 7) is 2.64. The van der Waals surface area contributed by atoms with Crippen molar-refractivity contribution in [2.45, 2.75) is 57.2 Å². The van der Waals surface area contributed by atoms with Crippen LogP contribution in [-0.4, -0.2) is 26.9 Å². The zero-order valence-electron chi connectivity index (χ0n) is 11.4. The molecule has 0 spiro atoms. The van der Waals surface area contributed by atoms with E-state index in [1.165, 1.54) is 12.8 Å². The standard InChI is InChI=1S/C14H24N2O2/c1-3-18-14(8-6-4-5-7-9-14)12(17)13-15-10-11-16(13)2/h10-12,17H,3-9H2,1-2H3. The van der Waals surface area contributed by atoms with Gasteiger partial charge in [0.1, 0.15) is 17.5 Å². The number of hydrogen-bond donors (Lipinski definition) is 1. The lowest BCUT2D eigenvalue weighted by molar-refractivity contribution is -0.134. The van der Waals surface area contributed by atoms with Crippen molar-refractivity contribution in [1.29, 1.82) is 0 Å². The van der Waals surface area contributed by atoms with Gasteiger partial charge in [0.25, 0.3) is 0 Å². The Balaban J connectivity index is 2.25. The van der Waals surface area contributed by atoms with Gasteiger partial charge in [0.2, 0.25) is 0 Å². The SMILES string of the molecule is CCOC1(C(O)c2nccn2C)CCCCCC1. The summed E-state index contributed by atoms with van der Waals surface area (Å²) in [7, 11) is 1.92. The predicted molar refractivity (Wildman–Crippen MR) is 70.2 cm³/mol. The Morgan fingerprint density at radius 2 is 2.06 bits per heavy atom. The molecule has 1 aromatic heterocycles. The molecule has 1 fully saturated rings. The Bertz CT molecular complexity index is 368. The first-order valence-corrected chi connectivity index (χ1v) is 6.99. The fraction of sp³-hybridized carbons (Fsp3) is 0.786. The van der Waals surface area contributed by atoms with Gasteiger partial charge < -0.3 is 14.4 Å². The molecule has 1 heterocycles. The number of nitrogens with zero attached hydrogens (tertiary/aromatic N) is 2. The van der Waals surface area contributed by atoms with Crippen molar-refractivity contribution in [2.24, 2.45) is 7.05 Å². The first-order chi connectivity index (χ1) is 8.69. The lowest BCUT2D eigenvalue weighted by Crippen LogP contribution is -2.40. The number of aryl methyl sites for hydroxylation is 1. The molecule has 1 saturated carbocycles. The maximum absolute atomic E-state index is 10.7. The van der Waals surface area contributed by atoms with Crippen LogP contribution in [0, 0.1) is 0 Å². The minimum absolute atomic E-state index is 0.440. The van der Waals surface area contributed by atoms with E-state index in [1.807, 2.05) is 24.7 Å². The second-order valence-corrected chi connectivity index (χ2v) is 5.21. The number of aromatic nitrogens is 2. The Kier molecular flexibility index (Phi) is 4.40. The van der Waals surface area contributed by atoms with Crippen LogP contribution in [0.1, 0.15) is 57.4 Å². The van der Waals surface area contributed by atoms with E-state index in [9.17, 15) is 5.11 Å². The van der Waals surface area contributed by atoms with Crippen LogP contribution in [0.3, 0.4) is 0 Å². The Morgan fingerprint density at radius 3 is 2.56 bits per heavy atom. The highest BCUT2D eigenvalue weighted by atomic mass is 16.5. The molecule has 1 aliphatic carbocycles. The normalized spacial score (nSPS) is 21.5. The van der Waals surface area contributed by atoms with Crippen LogP contribution >= 0.6 is 0 Å². The number of ether oxygens (including phenoxy) is 1. The van der Waals surface area contributed by atoms with Crippen molar-refractivity contribution >= 4 is 0 Å². The molecule has 1 atom stereocenters. The van der Waals surface area contributed by atoms with E-state index in [-0.39, 0.29) is 0 Å². The molecule has 102 valence electrons. The second kappa shape index (κ2) is 5.85. The van der Waals surface area contributed by atoms with Crippen LogP contribution in [0.4, 0.5) is 0 Å². The number of imidazole rings is 1. The maximum atomic E-state index is 10.7. The molecule has 0 bridgehead atoms. The monoisotopic (exact) mass is 252 g/mol. The van der Waals surface area contributed by atoms with Crippen molar-refractivity contribution < 1.29 is 9.84 Å². The van der Waals surface area contributed by atoms with Gasteiger partial charge in [-0.25, -0.2) is 4.98 Å². The third-order valence-corrected chi connectivity index (χ3v) is 3.98. The Hall–Kier alpha value is -0.870. The van der Waals surface area contributed by atoms with Crippen molar-refractivity contribution in [2.75, 3.05) is 6.61 Å². The molecule has 2 rings (SSSR count). The fourth-order valence-electron chi connectivity index (χ4n) is 2.99. The van der Waals surface area contributed by atoms with Crippen LogP contribution in [0.25, 0.3) is 0 Å². The second-order valence-electron chi connectivity index (χ2n) is 5.21. The molecule has 1 N–H and O–H groups in total. The molecule has 0 aromatic carbocycles. The summed E-state index contributed by atoms with van der Waals surface area (Å²) in [4.78, 5) is 4.28. The van der Waals surface area contributed by atoms with Gasteiger partial charge in [-0.1, -0.05) is 25.7 Å². The van der Waals surface area contributed by atoms with Crippen molar-refractivity contribution in [1.82, 2.24) is 9.55 Å². The van der Waals surface area contributed by atoms with E-state index in [1.54, 1.807) is 6.20 Å². The van der Waals surface area contributed by atoms with Crippen LogP contribution in [0.5, 0.6) is 0 Å². The molecule has 0 radical (unpaired) electrons. The molecule has 18 heavy (non-hydrogen) atoms. The summed E-state index contributed by atoms with van der Waals surface area (Å²) >= 11 is 0. The topological polar surface area (TPSA) is 47.3 Å². The van der Waals surface area contributed by atoms with Gasteiger partial charge in [0.05, 0.1) is 0 Å². The van der Waals surface area contributed by atoms with Crippen LogP contribution < -0.4 is 0 Å². The summed E-state index contributed by atoms with van der Waals surface area (Å²) in [5.41, 5.74) is -0.440. The van der Waals surface area contributed by atoms with E-state index < -0.39 is 11.7 Å². The zero-order valence-corrected chi connectivity index (χ0v) is 11.4. The largest absolute Gasteiger partial charge is 0.382 e. The summed E-state index contributed by atoms with van der Waals surface area (Å²) in [5, 5.41) is 10.7. The fourth-order valence-corrected chi connectivity index (χ4v) is 2.99. The van der Waals surface area contributed by atoms with Gasteiger partial charge in [-0.2, -0.15) is 0 Å². The third-order valence-electron chi connectivity index (χ3n) is 3.98. The molecular weight excluding hydrogens is 228 g/mol. The van der Waals surface area contributed by atoms with Gasteiger partial charge in [-0.05, 0) is 19.8 Å². The van der Waals surface area contributed by atoms with E-state index in [0.717, 1.165) is 25.7 Å². The lowest BCUT2D eigenvalue weighted by atomic mass is 9.87. The van der Waals surface area contributed by atoms with Gasteiger partial charge in [-0.3, -0.25) is 0 Å². The number of aliphatic hydroxyl groups excluding tert-OH is 1. The molecule has 0 aliphatic heterocycles. The van der Waals surface area contributed by atoms with Crippen LogP contribution in [0.2, 0.25) is 0 Å². The highest BCUT2D eigenvalue weighted by molar-refractivity contribution is 5.05. The predicted octanol–water partition coefficient (Wildman–Crippen LogP) is 2.58. The van der Waals surface area contributed by atoms with E-state index in [0.29, 0.717) is 12.4 Å². The van der Waals surface area contributed by atoms with Gasteiger partial charge >= 0.3 is 0 Å².